The molecule has 0 bridgehead atoms. The fraction of sp³-hybridized carbons (Fsp3) is 0.250. The molecule has 5 heteroatoms. The summed E-state index contributed by atoms with van der Waals surface area (Å²) in [7, 11) is 1.53. The zero-order valence-corrected chi connectivity index (χ0v) is 7.28. The van der Waals surface area contributed by atoms with Crippen LogP contribution in [0.1, 0.15) is 0 Å². The lowest BCUT2D eigenvalue weighted by molar-refractivity contribution is -0.114. The van der Waals surface area contributed by atoms with Crippen LogP contribution in [-0.2, 0) is 4.79 Å². The zero-order valence-electron chi connectivity index (χ0n) is 7.28. The molecule has 0 atom stereocenters. The molecule has 0 unspecified atom stereocenters. The Bertz CT molecular complexity index is 284. The van der Waals surface area contributed by atoms with E-state index in [9.17, 15) is 4.79 Å². The molecule has 70 valence electrons. The van der Waals surface area contributed by atoms with E-state index in [0.717, 1.165) is 0 Å². The topological polar surface area (TPSA) is 77.2 Å². The maximum absolute atomic E-state index is 10.8. The predicted molar refractivity (Wildman–Crippen MR) is 48.5 cm³/mol. The highest BCUT2D eigenvalue weighted by molar-refractivity contribution is 5.91. The van der Waals surface area contributed by atoms with Gasteiger partial charge in [0.2, 0.25) is 11.8 Å². The number of nitrogens with two attached hydrogens (primary N) is 1. The Morgan fingerprint density at radius 3 is 2.92 bits per heavy atom. The standard InChI is InChI=1S/C8H11N3O2/c1-13-8-3-2-6(5-10-8)11-7(12)4-9/h2-3,5H,4,9H2,1H3,(H,11,12). The van der Waals surface area contributed by atoms with Crippen molar-refractivity contribution in [2.75, 3.05) is 19.0 Å². The molecular formula is C8H11N3O2. The van der Waals surface area contributed by atoms with Crippen molar-refractivity contribution in [3.8, 4) is 5.88 Å². The Morgan fingerprint density at radius 2 is 2.46 bits per heavy atom. The number of aromatic nitrogens is 1. The Balaban J connectivity index is 2.64. The summed E-state index contributed by atoms with van der Waals surface area (Å²) in [6, 6.07) is 3.35. The molecule has 1 aromatic heterocycles. The van der Waals surface area contributed by atoms with Crippen molar-refractivity contribution >= 4 is 11.6 Å². The van der Waals surface area contributed by atoms with E-state index < -0.39 is 0 Å². The second-order valence-electron chi connectivity index (χ2n) is 2.34. The summed E-state index contributed by atoms with van der Waals surface area (Å²) in [4.78, 5) is 14.7. The van der Waals surface area contributed by atoms with Crippen molar-refractivity contribution in [1.29, 1.82) is 0 Å². The third-order valence-corrected chi connectivity index (χ3v) is 1.41. The van der Waals surface area contributed by atoms with E-state index in [0.29, 0.717) is 11.6 Å². The van der Waals surface area contributed by atoms with Crippen LogP contribution in [0.15, 0.2) is 18.3 Å². The predicted octanol–water partition coefficient (Wildman–Crippen LogP) is -0.0126. The van der Waals surface area contributed by atoms with E-state index in [-0.39, 0.29) is 12.5 Å². The normalized spacial score (nSPS) is 9.38. The maximum atomic E-state index is 10.8. The number of nitrogens with one attached hydrogen (secondary N) is 1. The van der Waals surface area contributed by atoms with Gasteiger partial charge in [0.15, 0.2) is 0 Å². The van der Waals surface area contributed by atoms with Crippen LogP contribution in [0.3, 0.4) is 0 Å². The third kappa shape index (κ3) is 2.72. The molecule has 1 rings (SSSR count). The monoisotopic (exact) mass is 181 g/mol. The molecule has 1 aromatic rings. The SMILES string of the molecule is COc1ccc(NC(=O)CN)cn1. The molecule has 0 saturated carbocycles. The summed E-state index contributed by atoms with van der Waals surface area (Å²) in [6.45, 7) is -0.0357. The molecule has 13 heavy (non-hydrogen) atoms. The van der Waals surface area contributed by atoms with Gasteiger partial charge in [0.25, 0.3) is 0 Å². The number of carbonyl (C=O) groups excluding carboxylic acids is 1. The number of methoxy groups -OCH3 is 1. The fourth-order valence-electron chi connectivity index (χ4n) is 0.787. The number of anilines is 1. The van der Waals surface area contributed by atoms with Gasteiger partial charge in [-0.25, -0.2) is 4.98 Å². The van der Waals surface area contributed by atoms with Crippen molar-refractivity contribution < 1.29 is 9.53 Å². The van der Waals surface area contributed by atoms with E-state index in [2.05, 4.69) is 10.3 Å². The molecule has 3 N–H and O–H groups in total. The average Bonchev–Trinajstić information content (AvgIpc) is 2.19. The third-order valence-electron chi connectivity index (χ3n) is 1.41. The van der Waals surface area contributed by atoms with Gasteiger partial charge in [0.05, 0.1) is 25.5 Å². The number of hydrogen-bond donors (Lipinski definition) is 2. The van der Waals surface area contributed by atoms with Gasteiger partial charge >= 0.3 is 0 Å². The van der Waals surface area contributed by atoms with Crippen LogP contribution in [-0.4, -0.2) is 24.5 Å². The number of ether oxygens (including phenoxy) is 1. The lowest BCUT2D eigenvalue weighted by Crippen LogP contribution is -2.21. The van der Waals surface area contributed by atoms with Crippen LogP contribution >= 0.6 is 0 Å². The Labute approximate surface area is 75.9 Å². The van der Waals surface area contributed by atoms with Crippen LogP contribution in [0.4, 0.5) is 5.69 Å². The lowest BCUT2D eigenvalue weighted by Gasteiger charge is -2.03. The quantitative estimate of drug-likeness (QED) is 0.687. The zero-order chi connectivity index (χ0) is 9.68. The highest BCUT2D eigenvalue weighted by atomic mass is 16.5. The van der Waals surface area contributed by atoms with Crippen molar-refractivity contribution in [3.63, 3.8) is 0 Å². The second kappa shape index (κ2) is 4.42. The van der Waals surface area contributed by atoms with Crippen LogP contribution in [0.25, 0.3) is 0 Å². The van der Waals surface area contributed by atoms with E-state index in [1.165, 1.54) is 13.3 Å². The molecule has 0 radical (unpaired) electrons. The molecule has 1 amide bonds. The van der Waals surface area contributed by atoms with Crippen LogP contribution < -0.4 is 15.8 Å². The van der Waals surface area contributed by atoms with Crippen LogP contribution in [0.5, 0.6) is 5.88 Å². The summed E-state index contributed by atoms with van der Waals surface area (Å²) < 4.78 is 4.85. The summed E-state index contributed by atoms with van der Waals surface area (Å²) in [5.74, 6) is 0.262. The number of rotatable bonds is 3. The highest BCUT2D eigenvalue weighted by Gasteiger charge is 1.99. The largest absolute Gasteiger partial charge is 0.481 e. The van der Waals surface area contributed by atoms with Gasteiger partial charge in [0, 0.05) is 6.07 Å². The molecule has 0 aliphatic carbocycles. The first-order valence-corrected chi connectivity index (χ1v) is 3.76. The Kier molecular flexibility index (Phi) is 3.22. The summed E-state index contributed by atoms with van der Waals surface area (Å²) >= 11 is 0. The minimum Gasteiger partial charge on any atom is -0.481 e. The molecular weight excluding hydrogens is 170 g/mol. The summed E-state index contributed by atoms with van der Waals surface area (Å²) in [5, 5.41) is 2.56. The van der Waals surface area contributed by atoms with Gasteiger partial charge < -0.3 is 15.8 Å². The average molecular weight is 181 g/mol. The van der Waals surface area contributed by atoms with Crippen molar-refractivity contribution in [3.05, 3.63) is 18.3 Å². The van der Waals surface area contributed by atoms with E-state index in [1.807, 2.05) is 0 Å². The van der Waals surface area contributed by atoms with Gasteiger partial charge in [-0.15, -0.1) is 0 Å². The molecule has 0 spiro atoms. The summed E-state index contributed by atoms with van der Waals surface area (Å²) in [6.07, 6.45) is 1.51. The smallest absolute Gasteiger partial charge is 0.238 e. The van der Waals surface area contributed by atoms with Crippen molar-refractivity contribution in [1.82, 2.24) is 4.98 Å². The van der Waals surface area contributed by atoms with Crippen molar-refractivity contribution in [2.24, 2.45) is 5.73 Å². The molecule has 0 aliphatic rings. The number of carbonyl (C=O) groups is 1. The molecule has 0 aliphatic heterocycles. The number of nitrogens with zero attached hydrogens (tertiary/aromatic N) is 1. The molecule has 1 heterocycles. The van der Waals surface area contributed by atoms with Gasteiger partial charge in [-0.05, 0) is 6.07 Å². The Hall–Kier alpha value is -1.62. The lowest BCUT2D eigenvalue weighted by atomic mass is 10.4. The Morgan fingerprint density at radius 1 is 1.69 bits per heavy atom. The molecule has 5 nitrogen and oxygen atoms in total. The fourth-order valence-corrected chi connectivity index (χ4v) is 0.787. The first-order valence-electron chi connectivity index (χ1n) is 3.76. The first kappa shape index (κ1) is 9.47. The first-order chi connectivity index (χ1) is 6.26. The molecule has 0 aromatic carbocycles. The minimum atomic E-state index is -0.244. The van der Waals surface area contributed by atoms with Gasteiger partial charge in [-0.1, -0.05) is 0 Å². The van der Waals surface area contributed by atoms with Crippen molar-refractivity contribution in [2.45, 2.75) is 0 Å². The van der Waals surface area contributed by atoms with Gasteiger partial charge in [0.1, 0.15) is 0 Å². The van der Waals surface area contributed by atoms with Crippen LogP contribution in [0, 0.1) is 0 Å². The van der Waals surface area contributed by atoms with E-state index in [1.54, 1.807) is 12.1 Å². The van der Waals surface area contributed by atoms with E-state index in [4.69, 9.17) is 10.5 Å². The van der Waals surface area contributed by atoms with Crippen LogP contribution in [0.2, 0.25) is 0 Å². The summed E-state index contributed by atoms with van der Waals surface area (Å²) in [5.41, 5.74) is 5.73. The minimum absolute atomic E-state index is 0.0357. The number of pyridine rings is 1. The molecule has 0 saturated heterocycles. The number of hydrogen-bond acceptors (Lipinski definition) is 4. The second-order valence-corrected chi connectivity index (χ2v) is 2.34. The van der Waals surface area contributed by atoms with Gasteiger partial charge in [-0.3, -0.25) is 4.79 Å². The van der Waals surface area contributed by atoms with E-state index >= 15 is 0 Å². The van der Waals surface area contributed by atoms with Gasteiger partial charge in [-0.2, -0.15) is 0 Å². The number of amides is 1. The maximum Gasteiger partial charge on any atom is 0.238 e. The molecule has 0 fully saturated rings. The highest BCUT2D eigenvalue weighted by Crippen LogP contribution is 2.10.